The fourth-order valence-electron chi connectivity index (χ4n) is 2.66. The molecule has 0 N–H and O–H groups in total. The topological polar surface area (TPSA) is 58.7 Å². The summed E-state index contributed by atoms with van der Waals surface area (Å²) in [6.45, 7) is 6.07. The van der Waals surface area contributed by atoms with Crippen LogP contribution in [0.15, 0.2) is 71.9 Å². The molecular formula is C18H17N3O2. The van der Waals surface area contributed by atoms with Crippen molar-refractivity contribution in [2.75, 3.05) is 5.01 Å². The van der Waals surface area contributed by atoms with Crippen molar-refractivity contribution in [2.45, 2.75) is 19.4 Å². The minimum Gasteiger partial charge on any atom is -0.258 e. The number of hydrazone groups is 1. The van der Waals surface area contributed by atoms with Gasteiger partial charge in [0, 0.05) is 18.6 Å². The number of nitrogens with zero attached hydrogens (tertiary/aromatic N) is 3. The lowest BCUT2D eigenvalue weighted by atomic mass is 10.00. The van der Waals surface area contributed by atoms with Crippen molar-refractivity contribution in [1.82, 2.24) is 0 Å². The Morgan fingerprint density at radius 3 is 2.43 bits per heavy atom. The first-order chi connectivity index (χ1) is 11.1. The van der Waals surface area contributed by atoms with Gasteiger partial charge in [-0.05, 0) is 36.8 Å². The SMILES string of the molecule is C=C(C)[C@H]1CC(c2ccc([N+](=O)[O-])cc2)=NN1c1ccccc1. The van der Waals surface area contributed by atoms with E-state index < -0.39 is 4.92 Å². The predicted octanol–water partition coefficient (Wildman–Crippen LogP) is 4.15. The number of hydrogen-bond donors (Lipinski definition) is 0. The zero-order valence-electron chi connectivity index (χ0n) is 12.8. The molecule has 3 rings (SSSR count). The van der Waals surface area contributed by atoms with Crippen LogP contribution in [0, 0.1) is 10.1 Å². The number of hydrogen-bond acceptors (Lipinski definition) is 4. The van der Waals surface area contributed by atoms with Crippen LogP contribution >= 0.6 is 0 Å². The van der Waals surface area contributed by atoms with Gasteiger partial charge < -0.3 is 0 Å². The van der Waals surface area contributed by atoms with Gasteiger partial charge >= 0.3 is 0 Å². The smallest absolute Gasteiger partial charge is 0.258 e. The van der Waals surface area contributed by atoms with E-state index in [9.17, 15) is 10.1 Å². The summed E-state index contributed by atoms with van der Waals surface area (Å²) in [5.41, 5.74) is 3.95. The first-order valence-corrected chi connectivity index (χ1v) is 7.38. The molecule has 0 saturated heterocycles. The zero-order chi connectivity index (χ0) is 16.4. The maximum Gasteiger partial charge on any atom is 0.269 e. The van der Waals surface area contributed by atoms with Gasteiger partial charge in [0.25, 0.3) is 5.69 Å². The molecule has 0 radical (unpaired) electrons. The van der Waals surface area contributed by atoms with Gasteiger partial charge in [-0.25, -0.2) is 0 Å². The summed E-state index contributed by atoms with van der Waals surface area (Å²) in [5.74, 6) is 0. The molecule has 1 aliphatic heterocycles. The van der Waals surface area contributed by atoms with Crippen molar-refractivity contribution in [3.63, 3.8) is 0 Å². The van der Waals surface area contributed by atoms with E-state index in [0.29, 0.717) is 0 Å². The minimum atomic E-state index is -0.396. The van der Waals surface area contributed by atoms with Gasteiger partial charge in [-0.3, -0.25) is 15.1 Å². The van der Waals surface area contributed by atoms with Crippen LogP contribution in [0.1, 0.15) is 18.9 Å². The lowest BCUT2D eigenvalue weighted by Crippen LogP contribution is -2.26. The minimum absolute atomic E-state index is 0.0868. The molecule has 0 aromatic heterocycles. The highest BCUT2D eigenvalue weighted by atomic mass is 16.6. The van der Waals surface area contributed by atoms with E-state index in [1.165, 1.54) is 12.1 Å². The van der Waals surface area contributed by atoms with E-state index in [1.807, 2.05) is 42.3 Å². The van der Waals surface area contributed by atoms with Crippen LogP contribution in [0.3, 0.4) is 0 Å². The van der Waals surface area contributed by atoms with Crippen LogP contribution in [0.2, 0.25) is 0 Å². The molecule has 116 valence electrons. The molecule has 0 amide bonds. The summed E-state index contributed by atoms with van der Waals surface area (Å²) in [7, 11) is 0. The van der Waals surface area contributed by atoms with Crippen LogP contribution in [-0.4, -0.2) is 16.7 Å². The molecule has 23 heavy (non-hydrogen) atoms. The average Bonchev–Trinajstić information content (AvgIpc) is 3.01. The Kier molecular flexibility index (Phi) is 3.93. The van der Waals surface area contributed by atoms with E-state index in [-0.39, 0.29) is 11.7 Å². The summed E-state index contributed by atoms with van der Waals surface area (Å²) < 4.78 is 0. The van der Waals surface area contributed by atoms with Gasteiger partial charge in [0.15, 0.2) is 0 Å². The van der Waals surface area contributed by atoms with Crippen LogP contribution in [0.25, 0.3) is 0 Å². The van der Waals surface area contributed by atoms with E-state index in [4.69, 9.17) is 5.10 Å². The molecule has 5 heteroatoms. The molecule has 2 aromatic carbocycles. The fraction of sp³-hybridized carbons (Fsp3) is 0.167. The highest BCUT2D eigenvalue weighted by Gasteiger charge is 2.29. The molecule has 0 unspecified atom stereocenters. The van der Waals surface area contributed by atoms with Crippen molar-refractivity contribution < 1.29 is 4.92 Å². The Morgan fingerprint density at radius 1 is 1.22 bits per heavy atom. The molecule has 0 bridgehead atoms. The second-order valence-electron chi connectivity index (χ2n) is 5.60. The normalized spacial score (nSPS) is 17.0. The summed E-state index contributed by atoms with van der Waals surface area (Å²) in [6.07, 6.45) is 0.738. The molecule has 1 aliphatic rings. The van der Waals surface area contributed by atoms with Gasteiger partial charge in [0.2, 0.25) is 0 Å². The predicted molar refractivity (Wildman–Crippen MR) is 91.8 cm³/mol. The Hall–Kier alpha value is -2.95. The number of rotatable bonds is 4. The van der Waals surface area contributed by atoms with Gasteiger partial charge in [-0.1, -0.05) is 30.4 Å². The molecule has 1 heterocycles. The fourth-order valence-corrected chi connectivity index (χ4v) is 2.66. The first-order valence-electron chi connectivity index (χ1n) is 7.38. The number of nitro benzene ring substituents is 1. The number of benzene rings is 2. The maximum atomic E-state index is 10.8. The lowest BCUT2D eigenvalue weighted by molar-refractivity contribution is -0.384. The maximum absolute atomic E-state index is 10.8. The number of nitro groups is 1. The second-order valence-corrected chi connectivity index (χ2v) is 5.60. The second kappa shape index (κ2) is 6.04. The monoisotopic (exact) mass is 307 g/mol. The van der Waals surface area contributed by atoms with Gasteiger partial charge in [-0.2, -0.15) is 5.10 Å². The van der Waals surface area contributed by atoms with Crippen molar-refractivity contribution in [1.29, 1.82) is 0 Å². The quantitative estimate of drug-likeness (QED) is 0.484. The Bertz CT molecular complexity index is 767. The third-order valence-corrected chi connectivity index (χ3v) is 3.91. The van der Waals surface area contributed by atoms with Crippen LogP contribution in [0.4, 0.5) is 11.4 Å². The van der Waals surface area contributed by atoms with Gasteiger partial charge in [-0.15, -0.1) is 0 Å². The van der Waals surface area contributed by atoms with Crippen LogP contribution in [-0.2, 0) is 0 Å². The van der Waals surface area contributed by atoms with Gasteiger partial charge in [0.05, 0.1) is 22.4 Å². The van der Waals surface area contributed by atoms with E-state index >= 15 is 0 Å². The molecule has 0 saturated carbocycles. The summed E-state index contributed by atoms with van der Waals surface area (Å²) in [5, 5.41) is 17.5. The van der Waals surface area contributed by atoms with E-state index in [2.05, 4.69) is 6.58 Å². The zero-order valence-corrected chi connectivity index (χ0v) is 12.8. The standard InChI is InChI=1S/C18H17N3O2/c1-13(2)18-12-17(14-8-10-16(11-9-14)21(22)23)19-20(18)15-6-4-3-5-7-15/h3-11,18H,1,12H2,2H3/t18-/m1/s1. The number of non-ortho nitro benzene ring substituents is 1. The Labute approximate surface area is 134 Å². The number of para-hydroxylation sites is 1. The molecule has 5 nitrogen and oxygen atoms in total. The Morgan fingerprint density at radius 2 is 1.87 bits per heavy atom. The van der Waals surface area contributed by atoms with Crippen molar-refractivity contribution in [3.8, 4) is 0 Å². The third-order valence-electron chi connectivity index (χ3n) is 3.91. The summed E-state index contributed by atoms with van der Waals surface area (Å²) >= 11 is 0. The highest BCUT2D eigenvalue weighted by molar-refractivity contribution is 6.03. The molecule has 0 spiro atoms. The van der Waals surface area contributed by atoms with Crippen molar-refractivity contribution in [3.05, 3.63) is 82.4 Å². The van der Waals surface area contributed by atoms with E-state index in [1.54, 1.807) is 12.1 Å². The van der Waals surface area contributed by atoms with Crippen molar-refractivity contribution in [2.24, 2.45) is 5.10 Å². The molecule has 1 atom stereocenters. The first kappa shape index (κ1) is 15.0. The molecular weight excluding hydrogens is 290 g/mol. The third kappa shape index (κ3) is 2.99. The average molecular weight is 307 g/mol. The molecule has 2 aromatic rings. The lowest BCUT2D eigenvalue weighted by Gasteiger charge is -2.23. The van der Waals surface area contributed by atoms with Crippen molar-refractivity contribution >= 4 is 17.1 Å². The summed E-state index contributed by atoms with van der Waals surface area (Å²) in [4.78, 5) is 10.4. The van der Waals surface area contributed by atoms with Gasteiger partial charge in [0.1, 0.15) is 0 Å². The Balaban J connectivity index is 1.94. The largest absolute Gasteiger partial charge is 0.269 e. The molecule has 0 fully saturated rings. The summed E-state index contributed by atoms with van der Waals surface area (Å²) in [6, 6.07) is 16.6. The van der Waals surface area contributed by atoms with E-state index in [0.717, 1.165) is 29.0 Å². The number of anilines is 1. The highest BCUT2D eigenvalue weighted by Crippen LogP contribution is 2.30. The molecule has 0 aliphatic carbocycles. The van der Waals surface area contributed by atoms with Crippen LogP contribution < -0.4 is 5.01 Å². The van der Waals surface area contributed by atoms with Crippen LogP contribution in [0.5, 0.6) is 0 Å².